The van der Waals surface area contributed by atoms with Crippen LogP contribution in [0, 0.1) is 11.3 Å². The Hall–Kier alpha value is -3.77. The molecule has 0 saturated heterocycles. The van der Waals surface area contributed by atoms with E-state index in [-0.39, 0.29) is 18.1 Å². The largest absolute Gasteiger partial charge is 0.458 e. The van der Waals surface area contributed by atoms with Gasteiger partial charge < -0.3 is 9.47 Å². The van der Waals surface area contributed by atoms with Crippen LogP contribution in [0.3, 0.4) is 0 Å². The molecular formula is C34H34N2O4S2. The zero-order chi connectivity index (χ0) is 29.6. The highest BCUT2D eigenvalue weighted by molar-refractivity contribution is 8.00. The number of thioether (sulfide) groups is 1. The predicted molar refractivity (Wildman–Crippen MR) is 169 cm³/mol. The summed E-state index contributed by atoms with van der Waals surface area (Å²) in [6.07, 6.45) is 1.15. The van der Waals surface area contributed by atoms with Crippen LogP contribution in [0.4, 0.5) is 0 Å². The van der Waals surface area contributed by atoms with Crippen molar-refractivity contribution in [3.05, 3.63) is 108 Å². The second-order valence-electron chi connectivity index (χ2n) is 9.64. The molecule has 4 rings (SSSR count). The van der Waals surface area contributed by atoms with Gasteiger partial charge in [-0.25, -0.2) is 4.98 Å². The topological polar surface area (TPSA) is 89.3 Å². The summed E-state index contributed by atoms with van der Waals surface area (Å²) in [4.78, 5) is 17.8. The van der Waals surface area contributed by atoms with Crippen molar-refractivity contribution in [3.8, 4) is 28.5 Å². The number of pyridine rings is 1. The van der Waals surface area contributed by atoms with E-state index >= 15 is 0 Å². The number of hydrogen-bond donors (Lipinski definition) is 0. The van der Waals surface area contributed by atoms with Crippen LogP contribution in [-0.2, 0) is 31.7 Å². The van der Waals surface area contributed by atoms with Gasteiger partial charge in [0, 0.05) is 27.7 Å². The van der Waals surface area contributed by atoms with E-state index in [1.54, 1.807) is 0 Å². The lowest BCUT2D eigenvalue weighted by Gasteiger charge is -2.18. The molecule has 1 heterocycles. The standard InChI is InChI=1S/C34H34N2O4S2/c1-2-3-19-42(38)25-29(23-39-22-26-13-7-4-8-14-26)40-33(37)24-41-34-31(21-35)30(27-15-9-5-10-16-27)20-32(36-34)28-17-11-6-12-18-28/h4-18,20,29H,2-3,19,22-25H2,1H3. The third kappa shape index (κ3) is 9.38. The van der Waals surface area contributed by atoms with Crippen molar-refractivity contribution in [1.82, 2.24) is 4.98 Å². The van der Waals surface area contributed by atoms with Gasteiger partial charge in [0.1, 0.15) is 17.2 Å². The molecule has 6 nitrogen and oxygen atoms in total. The number of carbonyl (C=O) groups excluding carboxylic acids is 1. The van der Waals surface area contributed by atoms with E-state index in [2.05, 4.69) is 13.0 Å². The summed E-state index contributed by atoms with van der Waals surface area (Å²) in [5, 5.41) is 10.6. The molecule has 0 aliphatic rings. The third-order valence-corrected chi connectivity index (χ3v) is 8.83. The maximum Gasteiger partial charge on any atom is 0.316 e. The van der Waals surface area contributed by atoms with Crippen LogP contribution < -0.4 is 0 Å². The number of benzene rings is 3. The lowest BCUT2D eigenvalue weighted by Crippen LogP contribution is -2.30. The molecule has 1 aromatic heterocycles. The SMILES string of the molecule is CCCCS(=O)CC(COCc1ccccc1)OC(=O)CSc1nc(-c2ccccc2)cc(-c2ccccc2)c1C#N. The first-order valence-electron chi connectivity index (χ1n) is 13.9. The third-order valence-electron chi connectivity index (χ3n) is 6.39. The minimum absolute atomic E-state index is 0.0507. The Kier molecular flexibility index (Phi) is 12.3. The number of nitriles is 1. The Bertz CT molecular complexity index is 1490. The molecule has 0 amide bonds. The monoisotopic (exact) mass is 598 g/mol. The van der Waals surface area contributed by atoms with Gasteiger partial charge in [-0.2, -0.15) is 5.26 Å². The summed E-state index contributed by atoms with van der Waals surface area (Å²) in [5.41, 5.74) is 4.68. The Morgan fingerprint density at radius 3 is 2.26 bits per heavy atom. The van der Waals surface area contributed by atoms with Gasteiger partial charge in [-0.05, 0) is 23.6 Å². The van der Waals surface area contributed by atoms with Crippen LogP contribution in [0.15, 0.2) is 102 Å². The Labute approximate surface area is 254 Å². The summed E-state index contributed by atoms with van der Waals surface area (Å²) in [7, 11) is -1.13. The van der Waals surface area contributed by atoms with Crippen molar-refractivity contribution in [2.45, 2.75) is 37.5 Å². The molecule has 0 aliphatic carbocycles. The quantitative estimate of drug-likeness (QED) is 0.107. The van der Waals surface area contributed by atoms with Gasteiger partial charge >= 0.3 is 5.97 Å². The average molecular weight is 599 g/mol. The van der Waals surface area contributed by atoms with E-state index in [1.165, 1.54) is 11.8 Å². The van der Waals surface area contributed by atoms with Gasteiger partial charge in [0.2, 0.25) is 0 Å². The molecule has 0 fully saturated rings. The maximum absolute atomic E-state index is 13.1. The molecule has 0 spiro atoms. The molecule has 4 aromatic rings. The molecule has 216 valence electrons. The summed E-state index contributed by atoms with van der Waals surface area (Å²) < 4.78 is 24.3. The number of unbranched alkanes of at least 4 members (excludes halogenated alkanes) is 1. The predicted octanol–water partition coefficient (Wildman–Crippen LogP) is 7.06. The minimum Gasteiger partial charge on any atom is -0.458 e. The van der Waals surface area contributed by atoms with Gasteiger partial charge in [0.05, 0.1) is 36.0 Å². The Morgan fingerprint density at radius 1 is 0.976 bits per heavy atom. The van der Waals surface area contributed by atoms with Crippen LogP contribution in [0.2, 0.25) is 0 Å². The van der Waals surface area contributed by atoms with Crippen molar-refractivity contribution in [1.29, 1.82) is 5.26 Å². The second-order valence-corrected chi connectivity index (χ2v) is 12.2. The highest BCUT2D eigenvalue weighted by Crippen LogP contribution is 2.34. The van der Waals surface area contributed by atoms with Crippen LogP contribution in [-0.4, -0.2) is 45.1 Å². The molecule has 2 unspecified atom stereocenters. The van der Waals surface area contributed by atoms with E-state index in [0.717, 1.165) is 35.1 Å². The van der Waals surface area contributed by atoms with Gasteiger partial charge in [0.25, 0.3) is 0 Å². The molecule has 0 radical (unpaired) electrons. The minimum atomic E-state index is -1.13. The molecular weight excluding hydrogens is 565 g/mol. The summed E-state index contributed by atoms with van der Waals surface area (Å²) in [6.45, 7) is 2.57. The van der Waals surface area contributed by atoms with Crippen LogP contribution in [0.5, 0.6) is 0 Å². The van der Waals surface area contributed by atoms with E-state index in [0.29, 0.717) is 28.6 Å². The molecule has 0 saturated carbocycles. The zero-order valence-corrected chi connectivity index (χ0v) is 25.2. The summed E-state index contributed by atoms with van der Waals surface area (Å²) >= 11 is 1.17. The van der Waals surface area contributed by atoms with E-state index < -0.39 is 22.9 Å². The Balaban J connectivity index is 1.50. The average Bonchev–Trinajstić information content (AvgIpc) is 3.03. The normalized spacial score (nSPS) is 12.3. The number of nitrogens with zero attached hydrogens (tertiary/aromatic N) is 2. The van der Waals surface area contributed by atoms with Crippen molar-refractivity contribution in [2.24, 2.45) is 0 Å². The number of hydrogen-bond acceptors (Lipinski definition) is 7. The van der Waals surface area contributed by atoms with Gasteiger partial charge in [-0.1, -0.05) is 116 Å². The molecule has 0 bridgehead atoms. The van der Waals surface area contributed by atoms with Crippen molar-refractivity contribution < 1.29 is 18.5 Å². The fourth-order valence-corrected chi connectivity index (χ4v) is 6.42. The number of aromatic nitrogens is 1. The number of esters is 1. The van der Waals surface area contributed by atoms with E-state index in [9.17, 15) is 14.3 Å². The van der Waals surface area contributed by atoms with E-state index in [4.69, 9.17) is 14.5 Å². The summed E-state index contributed by atoms with van der Waals surface area (Å²) in [6, 6.07) is 33.4. The van der Waals surface area contributed by atoms with Gasteiger partial charge in [0.15, 0.2) is 0 Å². The second kappa shape index (κ2) is 16.6. The highest BCUT2D eigenvalue weighted by atomic mass is 32.2. The van der Waals surface area contributed by atoms with Crippen molar-refractivity contribution >= 4 is 28.5 Å². The van der Waals surface area contributed by atoms with Gasteiger partial charge in [-0.15, -0.1) is 0 Å². The molecule has 42 heavy (non-hydrogen) atoms. The number of carbonyl (C=O) groups is 1. The molecule has 2 atom stereocenters. The van der Waals surface area contributed by atoms with Crippen molar-refractivity contribution in [2.75, 3.05) is 23.9 Å². The smallest absolute Gasteiger partial charge is 0.316 e. The van der Waals surface area contributed by atoms with Crippen LogP contribution in [0.1, 0.15) is 30.9 Å². The molecule has 0 aliphatic heterocycles. The summed E-state index contributed by atoms with van der Waals surface area (Å²) in [5.74, 6) is 0.249. The maximum atomic E-state index is 13.1. The lowest BCUT2D eigenvalue weighted by molar-refractivity contribution is -0.147. The first kappa shape index (κ1) is 31.2. The van der Waals surface area contributed by atoms with Gasteiger partial charge in [-0.3, -0.25) is 9.00 Å². The van der Waals surface area contributed by atoms with Crippen LogP contribution >= 0.6 is 11.8 Å². The van der Waals surface area contributed by atoms with Crippen LogP contribution in [0.25, 0.3) is 22.4 Å². The first-order chi connectivity index (χ1) is 20.6. The highest BCUT2D eigenvalue weighted by Gasteiger charge is 2.21. The fraction of sp³-hybridized carbons (Fsp3) is 0.265. The van der Waals surface area contributed by atoms with Crippen molar-refractivity contribution in [3.63, 3.8) is 0 Å². The molecule has 0 N–H and O–H groups in total. The number of ether oxygens (including phenoxy) is 2. The fourth-order valence-electron chi connectivity index (χ4n) is 4.28. The molecule has 8 heteroatoms. The molecule has 3 aromatic carbocycles. The van der Waals surface area contributed by atoms with E-state index in [1.807, 2.05) is 97.1 Å². The first-order valence-corrected chi connectivity index (χ1v) is 16.4. The lowest BCUT2D eigenvalue weighted by atomic mass is 9.99. The Morgan fingerprint density at radius 2 is 1.62 bits per heavy atom. The zero-order valence-electron chi connectivity index (χ0n) is 23.6. The number of rotatable bonds is 15.